The van der Waals surface area contributed by atoms with Crippen LogP contribution in [0.2, 0.25) is 0 Å². The van der Waals surface area contributed by atoms with Gasteiger partial charge in [0.2, 0.25) is 0 Å². The van der Waals surface area contributed by atoms with E-state index in [1.54, 1.807) is 0 Å². The van der Waals surface area contributed by atoms with Gasteiger partial charge in [0.1, 0.15) is 6.23 Å². The van der Waals surface area contributed by atoms with Crippen molar-refractivity contribution in [2.45, 2.75) is 12.6 Å². The molecule has 1 unspecified atom stereocenters. The summed E-state index contributed by atoms with van der Waals surface area (Å²) in [5, 5.41) is 17.2. The molecule has 1 heterocycles. The number of carboxylic acids is 1. The topological polar surface area (TPSA) is 69.9 Å². The van der Waals surface area contributed by atoms with Gasteiger partial charge in [-0.2, -0.15) is 0 Å². The second kappa shape index (κ2) is 2.62. The average Bonchev–Trinajstić information content (AvgIpc) is 1.88. The van der Waals surface area contributed by atoms with Crippen LogP contribution in [0, 0.1) is 0 Å². The summed E-state index contributed by atoms with van der Waals surface area (Å²) in [6, 6.07) is 0. The van der Waals surface area contributed by atoms with Crippen LogP contribution in [0.25, 0.3) is 0 Å². The molecule has 0 bridgehead atoms. The Bertz CT molecular complexity index is 207. The summed E-state index contributed by atoms with van der Waals surface area (Å²) in [6.45, 7) is 0. The minimum atomic E-state index is -1.00. The van der Waals surface area contributed by atoms with Crippen LogP contribution in [0.3, 0.4) is 0 Å². The van der Waals surface area contributed by atoms with Crippen molar-refractivity contribution in [2.75, 3.05) is 0 Å². The maximum atomic E-state index is 10.2. The fourth-order valence-corrected chi connectivity index (χ4v) is 0.655. The number of aliphatic hydroxyl groups is 1. The lowest BCUT2D eigenvalue weighted by Gasteiger charge is -2.06. The summed E-state index contributed by atoms with van der Waals surface area (Å²) in [6.07, 6.45) is 2.14. The molecule has 54 valence electrons. The lowest BCUT2D eigenvalue weighted by molar-refractivity contribution is -0.132. The Hall–Kier alpha value is -1.16. The van der Waals surface area contributed by atoms with Crippen molar-refractivity contribution in [2.24, 2.45) is 4.99 Å². The highest BCUT2D eigenvalue weighted by Gasteiger charge is 2.10. The molecule has 0 spiro atoms. The standard InChI is InChI=1S/C6H7NO3/c8-5-2-1-4(3-7-5)6(9)10/h1,3,5,8H,2H2,(H,9,10). The van der Waals surface area contributed by atoms with Crippen LogP contribution < -0.4 is 0 Å². The molecule has 4 heteroatoms. The van der Waals surface area contributed by atoms with Crippen LogP contribution in [0.5, 0.6) is 0 Å². The highest BCUT2D eigenvalue weighted by Crippen LogP contribution is 2.05. The van der Waals surface area contributed by atoms with Gasteiger partial charge in [-0.15, -0.1) is 0 Å². The van der Waals surface area contributed by atoms with Gasteiger partial charge in [-0.05, 0) is 0 Å². The lowest BCUT2D eigenvalue weighted by atomic mass is 10.2. The zero-order valence-electron chi connectivity index (χ0n) is 5.19. The van der Waals surface area contributed by atoms with E-state index in [1.165, 1.54) is 6.08 Å². The minimum absolute atomic E-state index is 0.144. The molecule has 4 nitrogen and oxygen atoms in total. The molecular formula is C6H7NO3. The monoisotopic (exact) mass is 141 g/mol. The van der Waals surface area contributed by atoms with E-state index in [-0.39, 0.29) is 12.0 Å². The second-order valence-electron chi connectivity index (χ2n) is 1.96. The Morgan fingerprint density at radius 1 is 1.80 bits per heavy atom. The quantitative estimate of drug-likeness (QED) is 0.530. The first-order chi connectivity index (χ1) is 4.70. The Morgan fingerprint density at radius 3 is 2.90 bits per heavy atom. The van der Waals surface area contributed by atoms with E-state index in [1.807, 2.05) is 0 Å². The number of aliphatic imine (C=N–C) groups is 1. The molecule has 1 aliphatic rings. The molecule has 2 N–H and O–H groups in total. The number of rotatable bonds is 1. The molecule has 0 saturated carbocycles. The highest BCUT2D eigenvalue weighted by molar-refractivity contribution is 6.08. The van der Waals surface area contributed by atoms with Gasteiger partial charge in [0.05, 0.1) is 5.57 Å². The Labute approximate surface area is 57.5 Å². The summed E-state index contributed by atoms with van der Waals surface area (Å²) >= 11 is 0. The number of carboxylic acid groups (broad SMARTS) is 1. The average molecular weight is 141 g/mol. The Balaban J connectivity index is 2.67. The van der Waals surface area contributed by atoms with Crippen LogP contribution in [0.4, 0.5) is 0 Å². The van der Waals surface area contributed by atoms with Crippen molar-refractivity contribution in [3.05, 3.63) is 11.6 Å². The van der Waals surface area contributed by atoms with Crippen LogP contribution in [-0.4, -0.2) is 28.6 Å². The minimum Gasteiger partial charge on any atom is -0.478 e. The molecule has 0 saturated heterocycles. The summed E-state index contributed by atoms with van der Waals surface area (Å²) in [7, 11) is 0. The third-order valence-corrected chi connectivity index (χ3v) is 1.18. The molecule has 0 radical (unpaired) electrons. The summed E-state index contributed by atoms with van der Waals surface area (Å²) in [5.41, 5.74) is 0.144. The molecule has 0 aromatic carbocycles. The van der Waals surface area contributed by atoms with E-state index in [2.05, 4.69) is 4.99 Å². The third kappa shape index (κ3) is 1.41. The number of aliphatic hydroxyl groups excluding tert-OH is 1. The van der Waals surface area contributed by atoms with Crippen LogP contribution in [0.1, 0.15) is 6.42 Å². The maximum absolute atomic E-state index is 10.2. The van der Waals surface area contributed by atoms with Crippen LogP contribution in [-0.2, 0) is 4.79 Å². The SMILES string of the molecule is O=C(O)C1=CCC(O)N=C1. The Morgan fingerprint density at radius 2 is 2.50 bits per heavy atom. The van der Waals surface area contributed by atoms with Crippen molar-refractivity contribution in [3.63, 3.8) is 0 Å². The van der Waals surface area contributed by atoms with Gasteiger partial charge < -0.3 is 10.2 Å². The maximum Gasteiger partial charge on any atom is 0.336 e. The van der Waals surface area contributed by atoms with Gasteiger partial charge in [0, 0.05) is 12.6 Å². The molecule has 10 heavy (non-hydrogen) atoms. The number of carbonyl (C=O) groups is 1. The number of dihydropyridines is 1. The highest BCUT2D eigenvalue weighted by atomic mass is 16.4. The smallest absolute Gasteiger partial charge is 0.336 e. The van der Waals surface area contributed by atoms with E-state index in [0.717, 1.165) is 6.21 Å². The predicted molar refractivity (Wildman–Crippen MR) is 34.8 cm³/mol. The molecule has 0 aliphatic carbocycles. The molecule has 1 rings (SSSR count). The van der Waals surface area contributed by atoms with Crippen molar-refractivity contribution in [1.29, 1.82) is 0 Å². The largest absolute Gasteiger partial charge is 0.478 e. The molecular weight excluding hydrogens is 134 g/mol. The Kier molecular flexibility index (Phi) is 1.82. The van der Waals surface area contributed by atoms with Crippen molar-refractivity contribution in [1.82, 2.24) is 0 Å². The van der Waals surface area contributed by atoms with Gasteiger partial charge in [-0.1, -0.05) is 6.08 Å². The van der Waals surface area contributed by atoms with E-state index in [4.69, 9.17) is 10.2 Å². The summed E-state index contributed by atoms with van der Waals surface area (Å²) in [5.74, 6) is -1.00. The van der Waals surface area contributed by atoms with Crippen LogP contribution in [0.15, 0.2) is 16.6 Å². The molecule has 1 aliphatic heterocycles. The first-order valence-corrected chi connectivity index (χ1v) is 2.85. The number of hydrogen-bond acceptors (Lipinski definition) is 3. The van der Waals surface area contributed by atoms with Gasteiger partial charge >= 0.3 is 5.97 Å². The number of hydrogen-bond donors (Lipinski definition) is 2. The van der Waals surface area contributed by atoms with Gasteiger partial charge in [0.15, 0.2) is 0 Å². The molecule has 0 fully saturated rings. The first-order valence-electron chi connectivity index (χ1n) is 2.85. The van der Waals surface area contributed by atoms with Gasteiger partial charge in [-0.25, -0.2) is 4.79 Å². The predicted octanol–water partition coefficient (Wildman–Crippen LogP) is -0.210. The molecule has 0 aromatic heterocycles. The number of nitrogens with zero attached hydrogens (tertiary/aromatic N) is 1. The van der Waals surface area contributed by atoms with Crippen molar-refractivity contribution < 1.29 is 15.0 Å². The summed E-state index contributed by atoms with van der Waals surface area (Å²) in [4.78, 5) is 13.7. The third-order valence-electron chi connectivity index (χ3n) is 1.18. The van der Waals surface area contributed by atoms with Crippen LogP contribution >= 0.6 is 0 Å². The van der Waals surface area contributed by atoms with E-state index >= 15 is 0 Å². The number of aliphatic carboxylic acids is 1. The van der Waals surface area contributed by atoms with Gasteiger partial charge in [0.25, 0.3) is 0 Å². The fraction of sp³-hybridized carbons (Fsp3) is 0.333. The zero-order valence-corrected chi connectivity index (χ0v) is 5.19. The molecule has 1 atom stereocenters. The zero-order chi connectivity index (χ0) is 7.56. The molecule has 0 amide bonds. The van der Waals surface area contributed by atoms with Crippen molar-refractivity contribution in [3.8, 4) is 0 Å². The summed E-state index contributed by atoms with van der Waals surface area (Å²) < 4.78 is 0. The first kappa shape index (κ1) is 6.95. The molecule has 0 aromatic rings. The fourth-order valence-electron chi connectivity index (χ4n) is 0.655. The van der Waals surface area contributed by atoms with E-state index in [9.17, 15) is 4.79 Å². The normalized spacial score (nSPS) is 24.1. The van der Waals surface area contributed by atoms with E-state index < -0.39 is 12.2 Å². The van der Waals surface area contributed by atoms with E-state index in [0.29, 0.717) is 0 Å². The van der Waals surface area contributed by atoms with Crippen molar-refractivity contribution >= 4 is 12.2 Å². The lowest BCUT2D eigenvalue weighted by Crippen LogP contribution is -2.11. The second-order valence-corrected chi connectivity index (χ2v) is 1.96. The van der Waals surface area contributed by atoms with Gasteiger partial charge in [-0.3, -0.25) is 4.99 Å².